The zero-order chi connectivity index (χ0) is 16.1. The number of aliphatic hydroxyl groups is 1. The maximum absolute atomic E-state index is 10.1. The van der Waals surface area contributed by atoms with Gasteiger partial charge in [0.1, 0.15) is 6.29 Å². The second kappa shape index (κ2) is 12.4. The number of alkyl halides is 2. The molecule has 0 amide bonds. The third-order valence-electron chi connectivity index (χ3n) is 2.52. The van der Waals surface area contributed by atoms with Crippen molar-refractivity contribution in [3.8, 4) is 0 Å². The summed E-state index contributed by atoms with van der Waals surface area (Å²) in [5, 5.41) is 8.82. The van der Waals surface area contributed by atoms with Crippen LogP contribution in [0.25, 0.3) is 0 Å². The van der Waals surface area contributed by atoms with Crippen LogP contribution in [-0.4, -0.2) is 16.7 Å². The highest BCUT2D eigenvalue weighted by molar-refractivity contribution is 6.40. The number of rotatable bonds is 2. The fourth-order valence-corrected chi connectivity index (χ4v) is 1.34. The van der Waals surface area contributed by atoms with E-state index in [2.05, 4.69) is 0 Å². The van der Waals surface area contributed by atoms with Gasteiger partial charge in [-0.1, -0.05) is 59.7 Å². The molecular formula is C17H20Cl2O2. The predicted molar refractivity (Wildman–Crippen MR) is 90.2 cm³/mol. The molecule has 114 valence electrons. The van der Waals surface area contributed by atoms with E-state index < -0.39 is 0 Å². The van der Waals surface area contributed by atoms with Gasteiger partial charge in [-0.3, -0.25) is 4.79 Å². The molecular weight excluding hydrogens is 307 g/mol. The molecule has 0 saturated carbocycles. The van der Waals surface area contributed by atoms with E-state index >= 15 is 0 Å². The Balaban J connectivity index is 0.000000322. The van der Waals surface area contributed by atoms with Crippen LogP contribution < -0.4 is 0 Å². The van der Waals surface area contributed by atoms with Crippen LogP contribution in [0.4, 0.5) is 0 Å². The van der Waals surface area contributed by atoms with E-state index in [4.69, 9.17) is 28.3 Å². The van der Waals surface area contributed by atoms with Crippen LogP contribution in [0.2, 0.25) is 0 Å². The summed E-state index contributed by atoms with van der Waals surface area (Å²) in [5.41, 5.74) is 4.12. The number of carbonyl (C=O) groups is 1. The molecule has 0 unspecified atom stereocenters. The minimum Gasteiger partial charge on any atom is -0.392 e. The van der Waals surface area contributed by atoms with Gasteiger partial charge in [0.2, 0.25) is 0 Å². The highest BCUT2D eigenvalue weighted by Gasteiger charge is 1.86. The lowest BCUT2D eigenvalue weighted by Gasteiger charge is -1.93. The SMILES string of the molecule is Cc1ccc(C=O)cc1.Cc1ccc(CO)cc1.ClCCl. The summed E-state index contributed by atoms with van der Waals surface area (Å²) < 4.78 is 0. The number of aryl methyl sites for hydroxylation is 2. The maximum Gasteiger partial charge on any atom is 0.150 e. The molecule has 0 aliphatic carbocycles. The largest absolute Gasteiger partial charge is 0.392 e. The highest BCUT2D eigenvalue weighted by atomic mass is 35.5. The van der Waals surface area contributed by atoms with Crippen molar-refractivity contribution in [3.63, 3.8) is 0 Å². The zero-order valence-electron chi connectivity index (χ0n) is 12.2. The van der Waals surface area contributed by atoms with Crippen molar-refractivity contribution in [2.24, 2.45) is 0 Å². The van der Waals surface area contributed by atoms with Crippen molar-refractivity contribution in [2.45, 2.75) is 20.5 Å². The third kappa shape index (κ3) is 10.1. The van der Waals surface area contributed by atoms with E-state index in [-0.39, 0.29) is 11.9 Å². The van der Waals surface area contributed by atoms with Crippen molar-refractivity contribution >= 4 is 29.5 Å². The number of carbonyl (C=O) groups excluding carboxylic acids is 1. The Labute approximate surface area is 136 Å². The number of benzene rings is 2. The minimum atomic E-state index is 0.139. The zero-order valence-corrected chi connectivity index (χ0v) is 13.7. The molecule has 2 rings (SSSR count). The van der Waals surface area contributed by atoms with E-state index in [1.165, 1.54) is 11.1 Å². The lowest BCUT2D eigenvalue weighted by atomic mass is 10.2. The Kier molecular flexibility index (Phi) is 11.6. The molecule has 2 aromatic carbocycles. The maximum atomic E-state index is 10.1. The Morgan fingerprint density at radius 3 is 1.62 bits per heavy atom. The lowest BCUT2D eigenvalue weighted by Crippen LogP contribution is -1.80. The summed E-state index contributed by atoms with van der Waals surface area (Å²) in [7, 11) is 0. The van der Waals surface area contributed by atoms with Crippen molar-refractivity contribution in [3.05, 3.63) is 70.8 Å². The molecule has 0 spiro atoms. The van der Waals surface area contributed by atoms with Crippen LogP contribution >= 0.6 is 23.2 Å². The summed E-state index contributed by atoms with van der Waals surface area (Å²) >= 11 is 9.53. The first-order chi connectivity index (χ1) is 10.1. The van der Waals surface area contributed by atoms with E-state index in [9.17, 15) is 4.79 Å². The van der Waals surface area contributed by atoms with Crippen molar-refractivity contribution in [2.75, 3.05) is 5.34 Å². The molecule has 0 heterocycles. The fraction of sp³-hybridized carbons (Fsp3) is 0.235. The normalized spacial score (nSPS) is 8.81. The Morgan fingerprint density at radius 2 is 1.29 bits per heavy atom. The van der Waals surface area contributed by atoms with Crippen molar-refractivity contribution < 1.29 is 9.90 Å². The molecule has 0 atom stereocenters. The second-order valence-electron chi connectivity index (χ2n) is 4.27. The van der Waals surface area contributed by atoms with Crippen LogP contribution in [-0.2, 0) is 6.61 Å². The van der Waals surface area contributed by atoms with Gasteiger partial charge in [-0.2, -0.15) is 0 Å². The van der Waals surface area contributed by atoms with Gasteiger partial charge in [-0.15, -0.1) is 23.2 Å². The molecule has 0 radical (unpaired) electrons. The van der Waals surface area contributed by atoms with E-state index in [1.54, 1.807) is 0 Å². The Bertz CT molecular complexity index is 493. The fourth-order valence-electron chi connectivity index (χ4n) is 1.34. The smallest absolute Gasteiger partial charge is 0.150 e. The van der Waals surface area contributed by atoms with Gasteiger partial charge < -0.3 is 5.11 Å². The molecule has 21 heavy (non-hydrogen) atoms. The molecule has 0 fully saturated rings. The number of hydrogen-bond donors (Lipinski definition) is 1. The van der Waals surface area contributed by atoms with Crippen LogP contribution in [0.15, 0.2) is 48.5 Å². The van der Waals surface area contributed by atoms with E-state index in [1.807, 2.05) is 62.4 Å². The molecule has 0 aliphatic rings. The minimum absolute atomic E-state index is 0.139. The van der Waals surface area contributed by atoms with Crippen LogP contribution in [0.3, 0.4) is 0 Å². The topological polar surface area (TPSA) is 37.3 Å². The second-order valence-corrected chi connectivity index (χ2v) is 5.08. The van der Waals surface area contributed by atoms with Gasteiger partial charge >= 0.3 is 0 Å². The lowest BCUT2D eigenvalue weighted by molar-refractivity contribution is 0.112. The molecule has 2 aromatic rings. The number of halogens is 2. The molecule has 1 N–H and O–H groups in total. The van der Waals surface area contributed by atoms with Crippen molar-refractivity contribution in [1.82, 2.24) is 0 Å². The summed E-state index contributed by atoms with van der Waals surface area (Å²) in [6, 6.07) is 15.3. The molecule has 0 saturated heterocycles. The van der Waals surface area contributed by atoms with Gasteiger partial charge in [0.25, 0.3) is 0 Å². The van der Waals surface area contributed by atoms with Gasteiger partial charge in [-0.05, 0) is 19.4 Å². The van der Waals surface area contributed by atoms with Gasteiger partial charge in [0, 0.05) is 5.56 Å². The summed E-state index contributed by atoms with van der Waals surface area (Å²) in [6.45, 7) is 4.16. The summed E-state index contributed by atoms with van der Waals surface area (Å²) in [4.78, 5) is 10.1. The monoisotopic (exact) mass is 326 g/mol. The number of aliphatic hydroxyl groups excluding tert-OH is 1. The Morgan fingerprint density at radius 1 is 0.905 bits per heavy atom. The number of aldehydes is 1. The number of hydrogen-bond acceptors (Lipinski definition) is 2. The third-order valence-corrected chi connectivity index (χ3v) is 2.52. The average molecular weight is 327 g/mol. The summed E-state index contributed by atoms with van der Waals surface area (Å²) in [6.07, 6.45) is 0.847. The van der Waals surface area contributed by atoms with Crippen molar-refractivity contribution in [1.29, 1.82) is 0 Å². The first-order valence-electron chi connectivity index (χ1n) is 6.37. The predicted octanol–water partition coefficient (Wildman–Crippen LogP) is 4.72. The molecule has 2 nitrogen and oxygen atoms in total. The van der Waals surface area contributed by atoms with Crippen LogP contribution in [0.1, 0.15) is 27.0 Å². The average Bonchev–Trinajstić information content (AvgIpc) is 2.50. The van der Waals surface area contributed by atoms with Gasteiger partial charge in [-0.25, -0.2) is 0 Å². The highest BCUT2D eigenvalue weighted by Crippen LogP contribution is 2.01. The van der Waals surface area contributed by atoms with Crippen LogP contribution in [0.5, 0.6) is 0 Å². The van der Waals surface area contributed by atoms with E-state index in [0.717, 1.165) is 17.4 Å². The summed E-state index contributed by atoms with van der Waals surface area (Å²) in [5.74, 6) is 0. The first-order valence-corrected chi connectivity index (χ1v) is 7.44. The molecule has 0 bridgehead atoms. The molecule has 4 heteroatoms. The first kappa shape index (κ1) is 19.7. The molecule has 0 aliphatic heterocycles. The standard InChI is InChI=1S/C8H10O.C8H8O.CH2Cl2/c2*1-7-2-4-8(6-9)5-3-7;2-1-3/h2-5,9H,6H2,1H3;2-6H,1H3;1H2. The van der Waals surface area contributed by atoms with Gasteiger partial charge in [0.15, 0.2) is 0 Å². The van der Waals surface area contributed by atoms with Crippen LogP contribution in [0, 0.1) is 13.8 Å². The quantitative estimate of drug-likeness (QED) is 0.640. The Hall–Kier alpha value is -1.35. The van der Waals surface area contributed by atoms with E-state index in [0.29, 0.717) is 0 Å². The van der Waals surface area contributed by atoms with Gasteiger partial charge in [0.05, 0.1) is 11.9 Å². The molecule has 0 aromatic heterocycles.